The van der Waals surface area contributed by atoms with Crippen molar-refractivity contribution >= 4 is 28.6 Å². The summed E-state index contributed by atoms with van der Waals surface area (Å²) < 4.78 is 4.05. The molecule has 232 valence electrons. The van der Waals surface area contributed by atoms with Crippen LogP contribution >= 0.6 is 0 Å². The Balaban J connectivity index is 1.24. The summed E-state index contributed by atoms with van der Waals surface area (Å²) in [6.45, 7) is 12.7. The lowest BCUT2D eigenvalue weighted by molar-refractivity contribution is 0.0503. The third-order valence-electron chi connectivity index (χ3n) is 9.90. The molecule has 1 aliphatic heterocycles. The van der Waals surface area contributed by atoms with Crippen molar-refractivity contribution in [2.45, 2.75) is 97.0 Å². The van der Waals surface area contributed by atoms with E-state index in [0.29, 0.717) is 23.7 Å². The first kappa shape index (κ1) is 28.8. The van der Waals surface area contributed by atoms with Gasteiger partial charge in [0, 0.05) is 35.8 Å². The Morgan fingerprint density at radius 2 is 1.80 bits per heavy atom. The number of rotatable bonds is 6. The van der Waals surface area contributed by atoms with E-state index >= 15 is 0 Å². The second-order valence-corrected chi connectivity index (χ2v) is 14.6. The van der Waals surface area contributed by atoms with Crippen LogP contribution in [0.3, 0.4) is 0 Å². The van der Waals surface area contributed by atoms with Gasteiger partial charge >= 0.3 is 6.09 Å². The number of aliphatic hydroxyl groups is 1. The number of likely N-dealkylation sites (tertiary alicyclic amines) is 1. The summed E-state index contributed by atoms with van der Waals surface area (Å²) >= 11 is 0. The number of nitrogens with zero attached hydrogens (tertiary/aromatic N) is 6. The highest BCUT2D eigenvalue weighted by molar-refractivity contribution is 5.95. The van der Waals surface area contributed by atoms with E-state index in [2.05, 4.69) is 17.6 Å². The van der Waals surface area contributed by atoms with Crippen LogP contribution in [-0.4, -0.2) is 75.3 Å². The molecule has 0 aromatic carbocycles. The number of hydrogen-bond donors (Lipinski definition) is 2. The van der Waals surface area contributed by atoms with Crippen molar-refractivity contribution in [1.82, 2.24) is 29.0 Å². The van der Waals surface area contributed by atoms with Crippen molar-refractivity contribution in [3.63, 3.8) is 0 Å². The molecule has 4 aromatic rings. The van der Waals surface area contributed by atoms with Gasteiger partial charge in [-0.1, -0.05) is 0 Å². The monoisotopic (exact) mass is 598 g/mol. The number of amides is 2. The lowest BCUT2D eigenvalue weighted by Crippen LogP contribution is -2.55. The minimum atomic E-state index is -1.04. The Labute approximate surface area is 257 Å². The predicted molar refractivity (Wildman–Crippen MR) is 168 cm³/mol. The summed E-state index contributed by atoms with van der Waals surface area (Å²) in [7, 11) is 0. The van der Waals surface area contributed by atoms with E-state index in [9.17, 15) is 19.8 Å². The molecule has 2 N–H and O–H groups in total. The second kappa shape index (κ2) is 9.79. The van der Waals surface area contributed by atoms with Gasteiger partial charge in [-0.2, -0.15) is 5.10 Å². The van der Waals surface area contributed by atoms with E-state index in [1.165, 1.54) is 12.8 Å². The number of piperidine rings is 1. The van der Waals surface area contributed by atoms with Gasteiger partial charge in [0.2, 0.25) is 0 Å². The smallest absolute Gasteiger partial charge is 0.408 e. The molecule has 2 unspecified atom stereocenters. The van der Waals surface area contributed by atoms with Gasteiger partial charge in [0.15, 0.2) is 0 Å². The molecule has 10 heteroatoms. The Hall–Kier alpha value is -3.92. The number of hydrogen-bond acceptors (Lipinski definition) is 5. The Kier molecular flexibility index (Phi) is 6.41. The number of fused-ring (bicyclic) bond motifs is 4. The first-order chi connectivity index (χ1) is 20.7. The number of pyridine rings is 2. The minimum Gasteiger partial charge on any atom is -0.465 e. The summed E-state index contributed by atoms with van der Waals surface area (Å²) in [4.78, 5) is 34.6. The number of aromatic nitrogens is 4. The molecular weight excluding hydrogens is 556 g/mol. The van der Waals surface area contributed by atoms with Gasteiger partial charge in [0.05, 0.1) is 34.6 Å². The standard InChI is InChI=1S/C34H42N6O4/c1-19-24-12-10-23(31(41)38-17-22-9-13-25(38)29(22)40(32(42)43)33(2,3)4)18-39(24)36-28(19)26-15-21-11-14-27(34(5,6)44)35-30(21)37(26)16-20-7-8-20/h10-12,14-15,18,20,22,25,29,44H,7-9,13,16-17H2,1-6H3,(H,42,43)/t22?,25?,29-/m1/s1. The van der Waals surface area contributed by atoms with Crippen molar-refractivity contribution in [1.29, 1.82) is 0 Å². The Morgan fingerprint density at radius 3 is 2.45 bits per heavy atom. The van der Waals surface area contributed by atoms with E-state index in [4.69, 9.17) is 10.1 Å². The summed E-state index contributed by atoms with van der Waals surface area (Å²) in [5, 5.41) is 26.7. The zero-order valence-corrected chi connectivity index (χ0v) is 26.4. The van der Waals surface area contributed by atoms with Crippen molar-refractivity contribution in [2.24, 2.45) is 11.8 Å². The van der Waals surface area contributed by atoms with Crippen LogP contribution in [0.2, 0.25) is 0 Å². The maximum absolute atomic E-state index is 13.9. The van der Waals surface area contributed by atoms with Crippen LogP contribution in [0.1, 0.15) is 81.9 Å². The number of aryl methyl sites for hydroxylation is 1. The van der Waals surface area contributed by atoms with Crippen LogP contribution in [0.4, 0.5) is 4.79 Å². The van der Waals surface area contributed by atoms with E-state index < -0.39 is 17.2 Å². The molecule has 7 rings (SSSR count). The third-order valence-corrected chi connectivity index (χ3v) is 9.90. The van der Waals surface area contributed by atoms with Gasteiger partial charge in [-0.15, -0.1) is 0 Å². The van der Waals surface area contributed by atoms with Gasteiger partial charge in [-0.3, -0.25) is 9.69 Å². The van der Waals surface area contributed by atoms with E-state index in [1.54, 1.807) is 23.3 Å². The zero-order valence-electron chi connectivity index (χ0n) is 26.4. The topological polar surface area (TPSA) is 116 Å². The van der Waals surface area contributed by atoms with E-state index in [0.717, 1.165) is 52.9 Å². The second-order valence-electron chi connectivity index (χ2n) is 14.6. The molecule has 4 aromatic heterocycles. The number of carbonyl (C=O) groups excluding carboxylic acids is 1. The summed E-state index contributed by atoms with van der Waals surface area (Å²) in [6, 6.07) is 9.53. The third kappa shape index (κ3) is 4.65. The van der Waals surface area contributed by atoms with E-state index in [-0.39, 0.29) is 23.9 Å². The van der Waals surface area contributed by atoms with Crippen LogP contribution in [0.25, 0.3) is 27.9 Å². The molecular formula is C34H42N6O4. The lowest BCUT2D eigenvalue weighted by Gasteiger charge is -2.40. The average Bonchev–Trinajstić information content (AvgIpc) is 3.28. The fraction of sp³-hybridized carbons (Fsp3) is 0.529. The van der Waals surface area contributed by atoms with Crippen molar-refractivity contribution in [3.8, 4) is 11.4 Å². The van der Waals surface area contributed by atoms with Crippen LogP contribution < -0.4 is 0 Å². The SMILES string of the molecule is Cc1c(-c2cc3ccc(C(C)(C)O)nc3n2CC2CC2)nn2cc(C(=O)N3CC4CCC3[C@@H]4N(C(=O)O)C(C)(C)C)ccc12. The first-order valence-corrected chi connectivity index (χ1v) is 15.8. The fourth-order valence-corrected chi connectivity index (χ4v) is 7.56. The zero-order chi connectivity index (χ0) is 31.3. The molecule has 0 spiro atoms. The molecule has 3 fully saturated rings. The Bertz CT molecular complexity index is 1800. The molecule has 3 atom stereocenters. The van der Waals surface area contributed by atoms with Crippen LogP contribution in [0, 0.1) is 18.8 Å². The highest BCUT2D eigenvalue weighted by Gasteiger charge is 2.54. The predicted octanol–water partition coefficient (Wildman–Crippen LogP) is 5.68. The summed E-state index contributed by atoms with van der Waals surface area (Å²) in [6.07, 6.45) is 5.01. The number of carbonyl (C=O) groups is 2. The van der Waals surface area contributed by atoms with Gasteiger partial charge < -0.3 is 19.7 Å². The molecule has 44 heavy (non-hydrogen) atoms. The lowest BCUT2D eigenvalue weighted by atomic mass is 9.98. The van der Waals surface area contributed by atoms with Crippen LogP contribution in [-0.2, 0) is 12.1 Å². The molecule has 1 saturated heterocycles. The largest absolute Gasteiger partial charge is 0.465 e. The fourth-order valence-electron chi connectivity index (χ4n) is 7.56. The first-order valence-electron chi connectivity index (χ1n) is 15.8. The number of carboxylic acid groups (broad SMARTS) is 1. The van der Waals surface area contributed by atoms with Gasteiger partial charge in [0.1, 0.15) is 16.9 Å². The summed E-state index contributed by atoms with van der Waals surface area (Å²) in [5.41, 5.74) is 4.22. The van der Waals surface area contributed by atoms with Crippen molar-refractivity contribution < 1.29 is 19.8 Å². The van der Waals surface area contributed by atoms with Gasteiger partial charge in [-0.05, 0) is 109 Å². The van der Waals surface area contributed by atoms with Crippen molar-refractivity contribution in [2.75, 3.05) is 6.54 Å². The molecule has 2 aliphatic carbocycles. The molecule has 5 heterocycles. The highest BCUT2D eigenvalue weighted by Crippen LogP contribution is 2.44. The quantitative estimate of drug-likeness (QED) is 0.295. The molecule has 0 radical (unpaired) electrons. The van der Waals surface area contributed by atoms with Crippen molar-refractivity contribution in [3.05, 3.63) is 53.3 Å². The maximum atomic E-state index is 13.9. The van der Waals surface area contributed by atoms with Gasteiger partial charge in [0.25, 0.3) is 5.91 Å². The van der Waals surface area contributed by atoms with Gasteiger partial charge in [-0.25, -0.2) is 14.3 Å². The average molecular weight is 599 g/mol. The Morgan fingerprint density at radius 1 is 1.05 bits per heavy atom. The van der Waals surface area contributed by atoms with Crippen LogP contribution in [0.15, 0.2) is 36.5 Å². The minimum absolute atomic E-state index is 0.0794. The molecule has 3 aliphatic rings. The molecule has 10 nitrogen and oxygen atoms in total. The molecule has 2 amide bonds. The normalized spacial score (nSPS) is 22.0. The highest BCUT2D eigenvalue weighted by atomic mass is 16.4. The van der Waals surface area contributed by atoms with E-state index in [1.807, 2.05) is 56.1 Å². The maximum Gasteiger partial charge on any atom is 0.408 e. The molecule has 2 saturated carbocycles. The molecule has 2 bridgehead atoms. The van der Waals surface area contributed by atoms with Crippen LogP contribution in [0.5, 0.6) is 0 Å². The summed E-state index contributed by atoms with van der Waals surface area (Å²) in [5.74, 6) is 0.665.